The Hall–Kier alpha value is -2.22. The van der Waals surface area contributed by atoms with E-state index in [-0.39, 0.29) is 6.54 Å². The van der Waals surface area contributed by atoms with Crippen LogP contribution in [0.2, 0.25) is 0 Å². The zero-order valence-corrected chi connectivity index (χ0v) is 10.2. The lowest BCUT2D eigenvalue weighted by Crippen LogP contribution is -2.16. The molecule has 0 radical (unpaired) electrons. The van der Waals surface area contributed by atoms with Gasteiger partial charge in [0.25, 0.3) is 5.89 Å². The first kappa shape index (κ1) is 10.9. The second-order valence-electron chi connectivity index (χ2n) is 3.52. The number of aromatic nitrogens is 4. The standard InChI is InChI=1S/C10H8N4O3S/c1-6-11-12-8(16-6)5-14-10(15)17-9(13-14)7-3-2-4-18-7/h2-4H,5H2,1H3. The maximum Gasteiger partial charge on any atom is 0.437 e. The molecule has 0 fully saturated rings. The number of hydrogen-bond donors (Lipinski definition) is 0. The van der Waals surface area contributed by atoms with Crippen LogP contribution in [0, 0.1) is 6.92 Å². The van der Waals surface area contributed by atoms with E-state index in [0.717, 1.165) is 9.56 Å². The Labute approximate surface area is 105 Å². The van der Waals surface area contributed by atoms with Crippen LogP contribution in [0.1, 0.15) is 11.8 Å². The Balaban J connectivity index is 1.92. The van der Waals surface area contributed by atoms with Gasteiger partial charge in [0.05, 0.1) is 4.88 Å². The molecule has 0 amide bonds. The van der Waals surface area contributed by atoms with Gasteiger partial charge in [-0.2, -0.15) is 4.68 Å². The molecule has 3 aromatic rings. The van der Waals surface area contributed by atoms with Crippen LogP contribution in [-0.4, -0.2) is 20.0 Å². The van der Waals surface area contributed by atoms with Crippen LogP contribution < -0.4 is 5.76 Å². The van der Waals surface area contributed by atoms with Crippen LogP contribution in [0.15, 0.2) is 31.1 Å². The van der Waals surface area contributed by atoms with Crippen molar-refractivity contribution in [3.63, 3.8) is 0 Å². The van der Waals surface area contributed by atoms with E-state index in [1.54, 1.807) is 6.92 Å². The predicted octanol–water partition coefficient (Wildman–Crippen LogP) is 1.30. The first-order valence-electron chi connectivity index (χ1n) is 5.13. The summed E-state index contributed by atoms with van der Waals surface area (Å²) in [6, 6.07) is 3.69. The molecule has 7 nitrogen and oxygen atoms in total. The molecule has 92 valence electrons. The lowest BCUT2D eigenvalue weighted by molar-refractivity contribution is 0.426. The van der Waals surface area contributed by atoms with Crippen molar-refractivity contribution in [2.24, 2.45) is 0 Å². The number of nitrogens with zero attached hydrogens (tertiary/aromatic N) is 4. The summed E-state index contributed by atoms with van der Waals surface area (Å²) in [4.78, 5) is 12.4. The van der Waals surface area contributed by atoms with Crippen LogP contribution in [0.5, 0.6) is 0 Å². The van der Waals surface area contributed by atoms with Gasteiger partial charge in [-0.05, 0) is 11.4 Å². The Kier molecular flexibility index (Phi) is 2.56. The lowest BCUT2D eigenvalue weighted by atomic mass is 10.5. The fourth-order valence-electron chi connectivity index (χ4n) is 1.44. The highest BCUT2D eigenvalue weighted by atomic mass is 32.1. The molecule has 0 bridgehead atoms. The molecule has 0 saturated heterocycles. The minimum absolute atomic E-state index is 0.106. The van der Waals surface area contributed by atoms with Crippen molar-refractivity contribution in [2.75, 3.05) is 0 Å². The summed E-state index contributed by atoms with van der Waals surface area (Å²) < 4.78 is 11.4. The van der Waals surface area contributed by atoms with Gasteiger partial charge in [-0.1, -0.05) is 6.07 Å². The molecule has 8 heteroatoms. The van der Waals surface area contributed by atoms with E-state index in [2.05, 4.69) is 15.3 Å². The maximum atomic E-state index is 11.6. The SMILES string of the molecule is Cc1nnc(Cn2nc(-c3cccs3)oc2=O)o1. The van der Waals surface area contributed by atoms with E-state index in [4.69, 9.17) is 8.83 Å². The Bertz CT molecular complexity index is 710. The van der Waals surface area contributed by atoms with E-state index < -0.39 is 5.76 Å². The molecule has 0 aliphatic carbocycles. The third-order valence-electron chi connectivity index (χ3n) is 2.19. The van der Waals surface area contributed by atoms with Crippen molar-refractivity contribution < 1.29 is 8.83 Å². The second-order valence-corrected chi connectivity index (χ2v) is 4.47. The molecule has 0 atom stereocenters. The Morgan fingerprint density at radius 2 is 2.28 bits per heavy atom. The van der Waals surface area contributed by atoms with Crippen molar-refractivity contribution in [2.45, 2.75) is 13.5 Å². The summed E-state index contributed by atoms with van der Waals surface area (Å²) in [7, 11) is 0. The first-order valence-corrected chi connectivity index (χ1v) is 6.01. The average Bonchev–Trinajstić information content (AvgIpc) is 3.02. The van der Waals surface area contributed by atoms with E-state index in [9.17, 15) is 4.79 Å². The minimum atomic E-state index is -0.547. The van der Waals surface area contributed by atoms with Crippen molar-refractivity contribution in [3.05, 3.63) is 39.8 Å². The molecule has 0 aliphatic rings. The van der Waals surface area contributed by atoms with Crippen molar-refractivity contribution in [1.82, 2.24) is 20.0 Å². The number of hydrogen-bond acceptors (Lipinski definition) is 7. The fraction of sp³-hybridized carbons (Fsp3) is 0.200. The normalized spacial score (nSPS) is 10.9. The maximum absolute atomic E-state index is 11.6. The number of rotatable bonds is 3. The molecule has 3 rings (SSSR count). The highest BCUT2D eigenvalue weighted by molar-refractivity contribution is 7.13. The van der Waals surface area contributed by atoms with Gasteiger partial charge in [0, 0.05) is 6.92 Å². The summed E-state index contributed by atoms with van der Waals surface area (Å²) in [5.41, 5.74) is 0. The minimum Gasteiger partial charge on any atom is -0.424 e. The van der Waals surface area contributed by atoms with Crippen molar-refractivity contribution in [1.29, 1.82) is 0 Å². The topological polar surface area (TPSA) is 87.0 Å². The smallest absolute Gasteiger partial charge is 0.424 e. The van der Waals surface area contributed by atoms with Gasteiger partial charge in [0.2, 0.25) is 11.8 Å². The molecule has 0 saturated carbocycles. The lowest BCUT2D eigenvalue weighted by Gasteiger charge is -1.90. The summed E-state index contributed by atoms with van der Waals surface area (Å²) in [6.45, 7) is 1.79. The average molecular weight is 264 g/mol. The second kappa shape index (κ2) is 4.22. The number of thiophene rings is 1. The predicted molar refractivity (Wildman–Crippen MR) is 62.2 cm³/mol. The quantitative estimate of drug-likeness (QED) is 0.708. The highest BCUT2D eigenvalue weighted by Crippen LogP contribution is 2.21. The molecule has 0 aromatic carbocycles. The first-order chi connectivity index (χ1) is 8.72. The van der Waals surface area contributed by atoms with E-state index in [1.807, 2.05) is 17.5 Å². The molecular weight excluding hydrogens is 256 g/mol. The summed E-state index contributed by atoms with van der Waals surface area (Å²) >= 11 is 1.45. The van der Waals surface area contributed by atoms with Crippen LogP contribution in [0.3, 0.4) is 0 Å². The fourth-order valence-corrected chi connectivity index (χ4v) is 2.08. The number of aryl methyl sites for hydroxylation is 1. The summed E-state index contributed by atoms with van der Waals surface area (Å²) in [5.74, 6) is 0.515. The monoisotopic (exact) mass is 264 g/mol. The Morgan fingerprint density at radius 3 is 2.94 bits per heavy atom. The van der Waals surface area contributed by atoms with Gasteiger partial charge in [-0.25, -0.2) is 4.79 Å². The molecule has 0 unspecified atom stereocenters. The van der Waals surface area contributed by atoms with Crippen LogP contribution >= 0.6 is 11.3 Å². The van der Waals surface area contributed by atoms with E-state index in [1.165, 1.54) is 11.3 Å². The van der Waals surface area contributed by atoms with Gasteiger partial charge >= 0.3 is 5.76 Å². The summed E-state index contributed by atoms with van der Waals surface area (Å²) in [5, 5.41) is 13.4. The van der Waals surface area contributed by atoms with Crippen LogP contribution in [0.25, 0.3) is 10.8 Å². The van der Waals surface area contributed by atoms with Gasteiger partial charge < -0.3 is 8.83 Å². The zero-order chi connectivity index (χ0) is 12.5. The molecule has 0 spiro atoms. The molecule has 3 aromatic heterocycles. The molecule has 3 heterocycles. The van der Waals surface area contributed by atoms with Crippen molar-refractivity contribution >= 4 is 11.3 Å². The molecule has 0 N–H and O–H groups in total. The third kappa shape index (κ3) is 1.97. The highest BCUT2D eigenvalue weighted by Gasteiger charge is 2.13. The van der Waals surface area contributed by atoms with Gasteiger partial charge in [-0.3, -0.25) is 0 Å². The largest absolute Gasteiger partial charge is 0.437 e. The van der Waals surface area contributed by atoms with Gasteiger partial charge in [0.1, 0.15) is 6.54 Å². The van der Waals surface area contributed by atoms with Gasteiger partial charge in [-0.15, -0.1) is 26.6 Å². The Morgan fingerprint density at radius 1 is 1.39 bits per heavy atom. The van der Waals surface area contributed by atoms with E-state index >= 15 is 0 Å². The third-order valence-corrected chi connectivity index (χ3v) is 3.05. The molecule has 18 heavy (non-hydrogen) atoms. The molecular formula is C10H8N4O3S. The van der Waals surface area contributed by atoms with Crippen LogP contribution in [0.4, 0.5) is 0 Å². The van der Waals surface area contributed by atoms with Gasteiger partial charge in [0.15, 0.2) is 0 Å². The zero-order valence-electron chi connectivity index (χ0n) is 9.36. The summed E-state index contributed by atoms with van der Waals surface area (Å²) in [6.07, 6.45) is 0. The molecule has 0 aliphatic heterocycles. The van der Waals surface area contributed by atoms with Crippen LogP contribution in [-0.2, 0) is 6.54 Å². The van der Waals surface area contributed by atoms with Crippen molar-refractivity contribution in [3.8, 4) is 10.8 Å². The van der Waals surface area contributed by atoms with E-state index in [0.29, 0.717) is 17.7 Å².